The third-order valence-corrected chi connectivity index (χ3v) is 5.35. The molecule has 1 aromatic carbocycles. The fraction of sp³-hybridized carbons (Fsp3) is 0.421. The Bertz CT molecular complexity index is 871. The van der Waals surface area contributed by atoms with Crippen molar-refractivity contribution in [1.82, 2.24) is 9.29 Å². The van der Waals surface area contributed by atoms with Gasteiger partial charge in [-0.1, -0.05) is 6.07 Å². The van der Waals surface area contributed by atoms with Gasteiger partial charge in [-0.25, -0.2) is 13.1 Å². The van der Waals surface area contributed by atoms with Crippen molar-refractivity contribution in [2.45, 2.75) is 51.2 Å². The monoisotopic (exact) mass is 378 g/mol. The van der Waals surface area contributed by atoms with E-state index >= 15 is 0 Å². The van der Waals surface area contributed by atoms with E-state index in [1.165, 1.54) is 18.2 Å². The lowest BCUT2D eigenvalue weighted by Gasteiger charge is -2.11. The van der Waals surface area contributed by atoms with Crippen molar-refractivity contribution in [2.24, 2.45) is 0 Å². The van der Waals surface area contributed by atoms with E-state index in [4.69, 9.17) is 4.74 Å². The molecular formula is C19H26N2O4S. The van der Waals surface area contributed by atoms with Crippen molar-refractivity contribution < 1.29 is 13.2 Å². The van der Waals surface area contributed by atoms with Crippen LogP contribution in [0.4, 0.5) is 0 Å². The topological polar surface area (TPSA) is 77.4 Å². The van der Waals surface area contributed by atoms with Gasteiger partial charge in [0.25, 0.3) is 5.56 Å². The average molecular weight is 378 g/mol. The molecular weight excluding hydrogens is 352 g/mol. The number of rotatable bonds is 9. The lowest BCUT2D eigenvalue weighted by molar-refractivity contribution is 0.242. The number of ether oxygens (including phenoxy) is 1. The fourth-order valence-electron chi connectivity index (χ4n) is 2.56. The van der Waals surface area contributed by atoms with Crippen LogP contribution in [0.25, 0.3) is 0 Å². The number of unbranched alkanes of at least 4 members (excludes halogenated alkanes) is 1. The van der Waals surface area contributed by atoms with Gasteiger partial charge in [0.2, 0.25) is 10.0 Å². The molecule has 1 aromatic heterocycles. The molecule has 0 bridgehead atoms. The zero-order valence-electron chi connectivity index (χ0n) is 15.4. The first kappa shape index (κ1) is 20.2. The van der Waals surface area contributed by atoms with E-state index in [0.29, 0.717) is 31.7 Å². The first-order valence-corrected chi connectivity index (χ1v) is 10.2. The second-order valence-corrected chi connectivity index (χ2v) is 8.17. The maximum Gasteiger partial charge on any atom is 0.250 e. The van der Waals surface area contributed by atoms with E-state index in [0.717, 1.165) is 5.69 Å². The lowest BCUT2D eigenvalue weighted by atomic mass is 10.3. The molecule has 0 saturated heterocycles. The molecule has 7 heteroatoms. The molecule has 0 atom stereocenters. The second-order valence-electron chi connectivity index (χ2n) is 6.40. The summed E-state index contributed by atoms with van der Waals surface area (Å²) in [7, 11) is -3.54. The van der Waals surface area contributed by atoms with Gasteiger partial charge in [0, 0.05) is 24.8 Å². The maximum absolute atomic E-state index is 12.3. The molecule has 0 aliphatic carbocycles. The number of nitrogens with zero attached hydrogens (tertiary/aromatic N) is 1. The van der Waals surface area contributed by atoms with Crippen LogP contribution in [0.2, 0.25) is 0 Å². The highest BCUT2D eigenvalue weighted by Crippen LogP contribution is 2.17. The van der Waals surface area contributed by atoms with Crippen LogP contribution in [-0.2, 0) is 16.6 Å². The zero-order chi connectivity index (χ0) is 19.2. The Kier molecular flexibility index (Phi) is 6.99. The predicted molar refractivity (Wildman–Crippen MR) is 102 cm³/mol. The van der Waals surface area contributed by atoms with E-state index < -0.39 is 10.0 Å². The van der Waals surface area contributed by atoms with E-state index in [1.54, 1.807) is 22.8 Å². The van der Waals surface area contributed by atoms with Gasteiger partial charge in [-0.05, 0) is 63.9 Å². The molecule has 0 aliphatic heterocycles. The highest BCUT2D eigenvalue weighted by Gasteiger charge is 2.13. The summed E-state index contributed by atoms with van der Waals surface area (Å²) in [6.07, 6.45) is 1.40. The summed E-state index contributed by atoms with van der Waals surface area (Å²) >= 11 is 0. The predicted octanol–water partition coefficient (Wildman–Crippen LogP) is 2.70. The third kappa shape index (κ3) is 5.71. The van der Waals surface area contributed by atoms with Gasteiger partial charge in [-0.3, -0.25) is 4.79 Å². The van der Waals surface area contributed by atoms with E-state index in [-0.39, 0.29) is 16.6 Å². The minimum Gasteiger partial charge on any atom is -0.491 e. The van der Waals surface area contributed by atoms with Crippen molar-refractivity contribution in [2.75, 3.05) is 6.54 Å². The molecule has 0 aliphatic rings. The first-order chi connectivity index (χ1) is 12.3. The highest BCUT2D eigenvalue weighted by molar-refractivity contribution is 7.89. The van der Waals surface area contributed by atoms with Crippen LogP contribution in [0.1, 0.15) is 32.4 Å². The minimum atomic E-state index is -3.54. The smallest absolute Gasteiger partial charge is 0.250 e. The summed E-state index contributed by atoms with van der Waals surface area (Å²) in [6, 6.07) is 11.5. The molecule has 0 amide bonds. The molecule has 2 aromatic rings. The summed E-state index contributed by atoms with van der Waals surface area (Å²) in [4.78, 5) is 12.0. The number of nitrogens with one attached hydrogen (secondary N) is 1. The zero-order valence-corrected chi connectivity index (χ0v) is 16.3. The molecule has 1 N–H and O–H groups in total. The number of aromatic nitrogens is 1. The molecule has 2 rings (SSSR count). The van der Waals surface area contributed by atoms with E-state index in [2.05, 4.69) is 4.72 Å². The van der Waals surface area contributed by atoms with Crippen LogP contribution >= 0.6 is 0 Å². The molecule has 0 saturated carbocycles. The Morgan fingerprint density at radius 1 is 1.08 bits per heavy atom. The van der Waals surface area contributed by atoms with Crippen molar-refractivity contribution in [3.63, 3.8) is 0 Å². The van der Waals surface area contributed by atoms with Gasteiger partial charge in [0.15, 0.2) is 0 Å². The average Bonchev–Trinajstić information content (AvgIpc) is 2.57. The molecule has 0 unspecified atom stereocenters. The van der Waals surface area contributed by atoms with E-state index in [9.17, 15) is 13.2 Å². The Morgan fingerprint density at radius 3 is 2.38 bits per heavy atom. The van der Waals surface area contributed by atoms with Crippen molar-refractivity contribution >= 4 is 10.0 Å². The number of aryl methyl sites for hydroxylation is 1. The summed E-state index contributed by atoms with van der Waals surface area (Å²) in [6.45, 7) is 6.62. The lowest BCUT2D eigenvalue weighted by Crippen LogP contribution is -2.26. The quantitative estimate of drug-likeness (QED) is 0.681. The largest absolute Gasteiger partial charge is 0.491 e. The summed E-state index contributed by atoms with van der Waals surface area (Å²) in [5, 5.41) is 0. The van der Waals surface area contributed by atoms with Gasteiger partial charge in [0.05, 0.1) is 11.0 Å². The van der Waals surface area contributed by atoms with Crippen LogP contribution in [0.15, 0.2) is 52.2 Å². The highest BCUT2D eigenvalue weighted by atomic mass is 32.2. The Labute approximate surface area is 154 Å². The first-order valence-electron chi connectivity index (χ1n) is 8.72. The SMILES string of the molecule is Cc1cccc(=O)n1CCCCNS(=O)(=O)c1ccc(OC(C)C)cc1. The van der Waals surface area contributed by atoms with Crippen LogP contribution < -0.4 is 15.0 Å². The van der Waals surface area contributed by atoms with Gasteiger partial charge >= 0.3 is 0 Å². The van der Waals surface area contributed by atoms with Crippen molar-refractivity contribution in [3.05, 3.63) is 58.5 Å². The van der Waals surface area contributed by atoms with Crippen LogP contribution in [-0.4, -0.2) is 25.6 Å². The standard InChI is InChI=1S/C19H26N2O4S/c1-15(2)25-17-9-11-18(12-10-17)26(23,24)20-13-4-5-14-21-16(3)7-6-8-19(21)22/h6-12,15,20H,4-5,13-14H2,1-3H3. The molecule has 142 valence electrons. The normalized spacial score (nSPS) is 11.7. The summed E-state index contributed by atoms with van der Waals surface area (Å²) in [5.41, 5.74) is 0.871. The minimum absolute atomic E-state index is 0.0331. The van der Waals surface area contributed by atoms with Gasteiger partial charge in [-0.15, -0.1) is 0 Å². The van der Waals surface area contributed by atoms with Gasteiger partial charge < -0.3 is 9.30 Å². The number of hydrogen-bond acceptors (Lipinski definition) is 4. The molecule has 6 nitrogen and oxygen atoms in total. The van der Waals surface area contributed by atoms with Crippen LogP contribution in [0.3, 0.4) is 0 Å². The van der Waals surface area contributed by atoms with Crippen LogP contribution in [0.5, 0.6) is 5.75 Å². The summed E-state index contributed by atoms with van der Waals surface area (Å²) < 4.78 is 34.4. The van der Waals surface area contributed by atoms with Gasteiger partial charge in [-0.2, -0.15) is 0 Å². The Hall–Kier alpha value is -2.12. The maximum atomic E-state index is 12.3. The number of benzene rings is 1. The molecule has 0 radical (unpaired) electrons. The van der Waals surface area contributed by atoms with Gasteiger partial charge in [0.1, 0.15) is 5.75 Å². The number of hydrogen-bond donors (Lipinski definition) is 1. The molecule has 26 heavy (non-hydrogen) atoms. The van der Waals surface area contributed by atoms with Crippen molar-refractivity contribution in [3.8, 4) is 5.75 Å². The Balaban J connectivity index is 1.83. The number of sulfonamides is 1. The Morgan fingerprint density at radius 2 is 1.77 bits per heavy atom. The molecule has 0 fully saturated rings. The van der Waals surface area contributed by atoms with Crippen LogP contribution in [0, 0.1) is 6.92 Å². The third-order valence-electron chi connectivity index (χ3n) is 3.87. The summed E-state index contributed by atoms with van der Waals surface area (Å²) in [5.74, 6) is 0.641. The van der Waals surface area contributed by atoms with Crippen molar-refractivity contribution in [1.29, 1.82) is 0 Å². The fourth-order valence-corrected chi connectivity index (χ4v) is 3.64. The second kappa shape index (κ2) is 9.00. The molecule has 1 heterocycles. The van der Waals surface area contributed by atoms with E-state index in [1.807, 2.05) is 26.8 Å². The number of pyridine rings is 1. The molecule has 0 spiro atoms.